The Morgan fingerprint density at radius 2 is 1.93 bits per heavy atom. The summed E-state index contributed by atoms with van der Waals surface area (Å²) in [5.74, 6) is -0.783. The lowest BCUT2D eigenvalue weighted by molar-refractivity contribution is 0.440. The van der Waals surface area contributed by atoms with Gasteiger partial charge in [-0.15, -0.1) is 0 Å². The summed E-state index contributed by atoms with van der Waals surface area (Å²) in [6, 6.07) is 5.36. The van der Waals surface area contributed by atoms with Crippen molar-refractivity contribution in [3.8, 4) is 0 Å². The number of aliphatic hydroxyl groups excluding tert-OH is 1. The number of halogens is 1. The minimum absolute atomic E-state index is 0.112. The zero-order valence-electron chi connectivity index (χ0n) is 7.31. The van der Waals surface area contributed by atoms with Gasteiger partial charge in [-0.2, -0.15) is 0 Å². The molecule has 0 aromatic heterocycles. The number of hydrogen-bond donors (Lipinski definition) is 3. The van der Waals surface area contributed by atoms with Crippen LogP contribution in [0.5, 0.6) is 0 Å². The zero-order chi connectivity index (χ0) is 10.6. The Labute approximate surface area is 80.4 Å². The first-order valence-corrected chi connectivity index (χ1v) is 3.84. The number of aliphatic imine (C=N–C) groups is 1. The van der Waals surface area contributed by atoms with Gasteiger partial charge in [-0.1, -0.05) is 0 Å². The fraction of sp³-hybridized carbons (Fsp3) is 0. The van der Waals surface area contributed by atoms with E-state index in [1.54, 1.807) is 0 Å². The average Bonchev–Trinajstić information content (AvgIpc) is 2.20. The van der Waals surface area contributed by atoms with Crippen molar-refractivity contribution < 1.29 is 9.50 Å². The molecular weight excluding hydrogens is 185 g/mol. The molecule has 4 nitrogen and oxygen atoms in total. The highest BCUT2D eigenvalue weighted by Gasteiger charge is 1.98. The molecule has 5 N–H and O–H groups in total. The van der Waals surface area contributed by atoms with Crippen LogP contribution < -0.4 is 11.5 Å². The van der Waals surface area contributed by atoms with Gasteiger partial charge < -0.3 is 16.6 Å². The summed E-state index contributed by atoms with van der Waals surface area (Å²) in [5.41, 5.74) is 10.8. The highest BCUT2D eigenvalue weighted by molar-refractivity contribution is 5.96. The van der Waals surface area contributed by atoms with E-state index >= 15 is 0 Å². The number of hydrogen-bond acceptors (Lipinski definition) is 3. The van der Waals surface area contributed by atoms with Crippen molar-refractivity contribution in [3.05, 3.63) is 42.0 Å². The van der Waals surface area contributed by atoms with Crippen molar-refractivity contribution in [3.63, 3.8) is 0 Å². The van der Waals surface area contributed by atoms with Crippen LogP contribution in [0.1, 0.15) is 0 Å². The largest absolute Gasteiger partial charge is 0.503 e. The van der Waals surface area contributed by atoms with E-state index in [2.05, 4.69) is 4.99 Å². The molecule has 0 aliphatic heterocycles. The first-order valence-electron chi connectivity index (χ1n) is 3.84. The van der Waals surface area contributed by atoms with Gasteiger partial charge in [0, 0.05) is 6.20 Å². The lowest BCUT2D eigenvalue weighted by atomic mass is 10.3. The minimum atomic E-state index is -0.360. The molecule has 0 spiro atoms. The predicted octanol–water partition coefficient (Wildman–Crippen LogP) is 1.17. The summed E-state index contributed by atoms with van der Waals surface area (Å²) < 4.78 is 12.5. The lowest BCUT2D eigenvalue weighted by Crippen LogP contribution is -2.15. The first-order chi connectivity index (χ1) is 6.63. The van der Waals surface area contributed by atoms with E-state index in [9.17, 15) is 4.39 Å². The molecular formula is C9H10FN3O. The Hall–Kier alpha value is -2.04. The van der Waals surface area contributed by atoms with E-state index in [-0.39, 0.29) is 17.4 Å². The molecule has 1 rings (SSSR count). The molecule has 0 amide bonds. The molecule has 1 aromatic carbocycles. The van der Waals surface area contributed by atoms with Gasteiger partial charge in [-0.05, 0) is 24.3 Å². The summed E-state index contributed by atoms with van der Waals surface area (Å²) in [6.07, 6.45) is 0.933. The quantitative estimate of drug-likeness (QED) is 0.376. The Morgan fingerprint density at radius 3 is 2.43 bits per heavy atom. The summed E-state index contributed by atoms with van der Waals surface area (Å²) in [5, 5.41) is 9.05. The van der Waals surface area contributed by atoms with Crippen molar-refractivity contribution in [1.82, 2.24) is 0 Å². The fourth-order valence-electron chi connectivity index (χ4n) is 0.797. The Balaban J connectivity index is 2.92. The highest BCUT2D eigenvalue weighted by atomic mass is 19.1. The second kappa shape index (κ2) is 4.27. The van der Waals surface area contributed by atoms with E-state index < -0.39 is 0 Å². The number of nitrogens with zero attached hydrogens (tertiary/aromatic N) is 1. The second-order valence-electron chi connectivity index (χ2n) is 2.53. The number of rotatable bonds is 2. The van der Waals surface area contributed by atoms with Crippen LogP contribution >= 0.6 is 0 Å². The van der Waals surface area contributed by atoms with Crippen LogP contribution in [0.3, 0.4) is 0 Å². The van der Waals surface area contributed by atoms with E-state index in [1.165, 1.54) is 24.3 Å². The molecule has 0 aliphatic rings. The molecule has 14 heavy (non-hydrogen) atoms. The van der Waals surface area contributed by atoms with Gasteiger partial charge in [0.25, 0.3) is 0 Å². The molecule has 0 saturated heterocycles. The van der Waals surface area contributed by atoms with Gasteiger partial charge in [0.05, 0.1) is 5.69 Å². The van der Waals surface area contributed by atoms with E-state index in [0.717, 1.165) is 6.20 Å². The molecule has 5 heteroatoms. The third kappa shape index (κ3) is 2.48. The maximum Gasteiger partial charge on any atom is 0.173 e. The van der Waals surface area contributed by atoms with Crippen LogP contribution in [0.15, 0.2) is 41.2 Å². The minimum Gasteiger partial charge on any atom is -0.503 e. The SMILES string of the molecule is N/C=C(/O)C(N)=Nc1ccc(F)cc1. The number of nitrogens with two attached hydrogens (primary N) is 2. The van der Waals surface area contributed by atoms with Crippen LogP contribution in [0.25, 0.3) is 0 Å². The van der Waals surface area contributed by atoms with Crippen LogP contribution in [0.4, 0.5) is 10.1 Å². The molecule has 0 atom stereocenters. The Kier molecular flexibility index (Phi) is 3.06. The number of aliphatic hydroxyl groups is 1. The fourth-order valence-corrected chi connectivity index (χ4v) is 0.797. The Morgan fingerprint density at radius 1 is 1.36 bits per heavy atom. The lowest BCUT2D eigenvalue weighted by Gasteiger charge is -1.98. The van der Waals surface area contributed by atoms with Gasteiger partial charge in [-0.25, -0.2) is 9.38 Å². The molecule has 0 aliphatic carbocycles. The van der Waals surface area contributed by atoms with Gasteiger partial charge in [0.2, 0.25) is 0 Å². The van der Waals surface area contributed by atoms with Gasteiger partial charge >= 0.3 is 0 Å². The van der Waals surface area contributed by atoms with E-state index in [1.807, 2.05) is 0 Å². The Bertz CT molecular complexity index is 370. The molecule has 0 radical (unpaired) electrons. The molecule has 74 valence electrons. The normalized spacial score (nSPS) is 12.9. The maximum absolute atomic E-state index is 12.5. The standard InChI is InChI=1S/C9H10FN3O/c10-6-1-3-7(4-2-6)13-9(12)8(14)5-11/h1-5,14H,11H2,(H2,12,13)/b8-5+. The van der Waals surface area contributed by atoms with Gasteiger partial charge in [0.1, 0.15) is 5.82 Å². The van der Waals surface area contributed by atoms with Crippen LogP contribution in [0, 0.1) is 5.82 Å². The van der Waals surface area contributed by atoms with Gasteiger partial charge in [0.15, 0.2) is 11.6 Å². The van der Waals surface area contributed by atoms with Crippen LogP contribution in [0.2, 0.25) is 0 Å². The molecule has 0 fully saturated rings. The molecule has 0 saturated carbocycles. The summed E-state index contributed by atoms with van der Waals surface area (Å²) in [6.45, 7) is 0. The predicted molar refractivity (Wildman–Crippen MR) is 52.6 cm³/mol. The maximum atomic E-state index is 12.5. The molecule has 0 bridgehead atoms. The monoisotopic (exact) mass is 195 g/mol. The summed E-state index contributed by atoms with van der Waals surface area (Å²) >= 11 is 0. The molecule has 0 heterocycles. The van der Waals surface area contributed by atoms with Crippen molar-refractivity contribution in [2.24, 2.45) is 16.5 Å². The topological polar surface area (TPSA) is 84.6 Å². The summed E-state index contributed by atoms with van der Waals surface area (Å²) in [7, 11) is 0. The molecule has 1 aromatic rings. The first kappa shape index (κ1) is 10.0. The van der Waals surface area contributed by atoms with Crippen molar-refractivity contribution >= 4 is 11.5 Å². The van der Waals surface area contributed by atoms with E-state index in [4.69, 9.17) is 16.6 Å². The van der Waals surface area contributed by atoms with Gasteiger partial charge in [-0.3, -0.25) is 0 Å². The van der Waals surface area contributed by atoms with Crippen molar-refractivity contribution in [2.45, 2.75) is 0 Å². The third-order valence-electron chi connectivity index (χ3n) is 1.50. The second-order valence-corrected chi connectivity index (χ2v) is 2.53. The van der Waals surface area contributed by atoms with E-state index in [0.29, 0.717) is 5.69 Å². The third-order valence-corrected chi connectivity index (χ3v) is 1.50. The molecule has 0 unspecified atom stereocenters. The number of benzene rings is 1. The van der Waals surface area contributed by atoms with Crippen LogP contribution in [-0.4, -0.2) is 10.9 Å². The smallest absolute Gasteiger partial charge is 0.173 e. The number of amidine groups is 1. The average molecular weight is 195 g/mol. The highest BCUT2D eigenvalue weighted by Crippen LogP contribution is 2.12. The van der Waals surface area contributed by atoms with Crippen molar-refractivity contribution in [2.75, 3.05) is 0 Å². The van der Waals surface area contributed by atoms with Crippen LogP contribution in [-0.2, 0) is 0 Å². The zero-order valence-corrected chi connectivity index (χ0v) is 7.31. The van der Waals surface area contributed by atoms with Crippen molar-refractivity contribution in [1.29, 1.82) is 0 Å². The summed E-state index contributed by atoms with van der Waals surface area (Å²) in [4.78, 5) is 3.80.